The lowest BCUT2D eigenvalue weighted by Crippen LogP contribution is -2.33. The Labute approximate surface area is 76.0 Å². The molecule has 1 atom stereocenters. The molecule has 0 amide bonds. The molecule has 0 radical (unpaired) electrons. The number of nitrogens with one attached hydrogen (secondary N) is 1. The Kier molecular flexibility index (Phi) is 5.18. The Morgan fingerprint density at radius 3 is 2.42 bits per heavy atom. The van der Waals surface area contributed by atoms with Crippen LogP contribution in [0, 0.1) is 0 Å². The molecule has 1 N–H and O–H groups in total. The van der Waals surface area contributed by atoms with Gasteiger partial charge in [0.05, 0.1) is 12.2 Å². The fourth-order valence-electron chi connectivity index (χ4n) is 0.821. The van der Waals surface area contributed by atoms with E-state index in [2.05, 4.69) is 32.7 Å². The standard InChI is InChI=1S/C10H21NO/c1-6-7-9(11-5)8-12-10(2,3)4/h6,9,11H,1,7-8H2,2-5H3. The van der Waals surface area contributed by atoms with Crippen LogP contribution in [0.2, 0.25) is 0 Å². The maximum Gasteiger partial charge on any atom is 0.0629 e. The van der Waals surface area contributed by atoms with E-state index in [0.29, 0.717) is 6.04 Å². The zero-order chi connectivity index (χ0) is 9.61. The van der Waals surface area contributed by atoms with Crippen LogP contribution in [-0.2, 0) is 4.74 Å². The van der Waals surface area contributed by atoms with Gasteiger partial charge in [-0.2, -0.15) is 0 Å². The Bertz CT molecular complexity index is 126. The van der Waals surface area contributed by atoms with Crippen molar-refractivity contribution in [1.29, 1.82) is 0 Å². The summed E-state index contributed by atoms with van der Waals surface area (Å²) in [5.41, 5.74) is -0.0454. The average molecular weight is 171 g/mol. The summed E-state index contributed by atoms with van der Waals surface area (Å²) >= 11 is 0. The van der Waals surface area contributed by atoms with Gasteiger partial charge in [0, 0.05) is 6.04 Å². The Morgan fingerprint density at radius 2 is 2.08 bits per heavy atom. The number of hydrogen-bond donors (Lipinski definition) is 1. The summed E-state index contributed by atoms with van der Waals surface area (Å²) in [6, 6.07) is 0.390. The summed E-state index contributed by atoms with van der Waals surface area (Å²) in [4.78, 5) is 0. The molecule has 72 valence electrons. The third-order valence-corrected chi connectivity index (χ3v) is 1.58. The SMILES string of the molecule is C=CCC(COC(C)(C)C)NC. The third-order valence-electron chi connectivity index (χ3n) is 1.58. The molecule has 0 aliphatic rings. The van der Waals surface area contributed by atoms with Crippen LogP contribution in [0.25, 0.3) is 0 Å². The Balaban J connectivity index is 3.64. The van der Waals surface area contributed by atoms with Crippen molar-refractivity contribution in [3.05, 3.63) is 12.7 Å². The zero-order valence-electron chi connectivity index (χ0n) is 8.68. The Morgan fingerprint density at radius 1 is 1.50 bits per heavy atom. The lowest BCUT2D eigenvalue weighted by molar-refractivity contribution is -0.0131. The highest BCUT2D eigenvalue weighted by atomic mass is 16.5. The molecule has 0 spiro atoms. The van der Waals surface area contributed by atoms with E-state index in [1.807, 2.05) is 13.1 Å². The molecule has 0 saturated carbocycles. The van der Waals surface area contributed by atoms with Gasteiger partial charge in [-0.3, -0.25) is 0 Å². The second-order valence-electron chi connectivity index (χ2n) is 3.93. The molecule has 0 aliphatic carbocycles. The van der Waals surface area contributed by atoms with Gasteiger partial charge in [0.25, 0.3) is 0 Å². The lowest BCUT2D eigenvalue weighted by atomic mass is 10.1. The molecule has 0 bridgehead atoms. The van der Waals surface area contributed by atoms with Crippen molar-refractivity contribution < 1.29 is 4.74 Å². The average Bonchev–Trinajstić information content (AvgIpc) is 1.96. The van der Waals surface area contributed by atoms with Crippen molar-refractivity contribution >= 4 is 0 Å². The smallest absolute Gasteiger partial charge is 0.0629 e. The highest BCUT2D eigenvalue weighted by Crippen LogP contribution is 2.07. The quantitative estimate of drug-likeness (QED) is 0.638. The zero-order valence-corrected chi connectivity index (χ0v) is 8.68. The molecular formula is C10H21NO. The molecular weight excluding hydrogens is 150 g/mol. The van der Waals surface area contributed by atoms with Crippen LogP contribution in [-0.4, -0.2) is 25.3 Å². The molecule has 0 rings (SSSR count). The highest BCUT2D eigenvalue weighted by molar-refractivity contribution is 4.77. The largest absolute Gasteiger partial charge is 0.374 e. The molecule has 0 aromatic carbocycles. The lowest BCUT2D eigenvalue weighted by Gasteiger charge is -2.23. The number of likely N-dealkylation sites (N-methyl/N-ethyl adjacent to an activating group) is 1. The van der Waals surface area contributed by atoms with E-state index < -0.39 is 0 Å². The first-order chi connectivity index (χ1) is 5.49. The molecule has 0 aromatic rings. The van der Waals surface area contributed by atoms with Crippen LogP contribution < -0.4 is 5.32 Å². The minimum Gasteiger partial charge on any atom is -0.374 e. The monoisotopic (exact) mass is 171 g/mol. The summed E-state index contributed by atoms with van der Waals surface area (Å²) in [7, 11) is 1.94. The molecule has 2 heteroatoms. The molecule has 0 heterocycles. The van der Waals surface area contributed by atoms with Gasteiger partial charge in [-0.15, -0.1) is 6.58 Å². The van der Waals surface area contributed by atoms with Gasteiger partial charge in [0.15, 0.2) is 0 Å². The van der Waals surface area contributed by atoms with E-state index in [4.69, 9.17) is 4.74 Å². The highest BCUT2D eigenvalue weighted by Gasteiger charge is 2.12. The minimum absolute atomic E-state index is 0.0454. The second-order valence-corrected chi connectivity index (χ2v) is 3.93. The first-order valence-electron chi connectivity index (χ1n) is 4.41. The normalized spacial score (nSPS) is 14.3. The van der Waals surface area contributed by atoms with Crippen LogP contribution in [0.15, 0.2) is 12.7 Å². The van der Waals surface area contributed by atoms with Gasteiger partial charge in [-0.25, -0.2) is 0 Å². The summed E-state index contributed by atoms with van der Waals surface area (Å²) in [5, 5.41) is 3.18. The molecule has 0 fully saturated rings. The minimum atomic E-state index is -0.0454. The summed E-state index contributed by atoms with van der Waals surface area (Å²) in [5.74, 6) is 0. The van der Waals surface area contributed by atoms with Gasteiger partial charge in [-0.05, 0) is 34.2 Å². The van der Waals surface area contributed by atoms with Crippen molar-refractivity contribution in [1.82, 2.24) is 5.32 Å². The van der Waals surface area contributed by atoms with Crippen molar-refractivity contribution in [2.75, 3.05) is 13.7 Å². The first kappa shape index (κ1) is 11.7. The van der Waals surface area contributed by atoms with Crippen LogP contribution >= 0.6 is 0 Å². The van der Waals surface area contributed by atoms with E-state index in [-0.39, 0.29) is 5.60 Å². The number of ether oxygens (including phenoxy) is 1. The predicted octanol–water partition coefficient (Wildman–Crippen LogP) is 1.97. The molecule has 1 unspecified atom stereocenters. The molecule has 0 aromatic heterocycles. The van der Waals surface area contributed by atoms with Crippen LogP contribution in [0.5, 0.6) is 0 Å². The van der Waals surface area contributed by atoms with Gasteiger partial charge in [0.1, 0.15) is 0 Å². The Hall–Kier alpha value is -0.340. The van der Waals surface area contributed by atoms with Gasteiger partial charge < -0.3 is 10.1 Å². The van der Waals surface area contributed by atoms with Crippen LogP contribution in [0.1, 0.15) is 27.2 Å². The molecule has 0 saturated heterocycles. The molecule has 2 nitrogen and oxygen atoms in total. The first-order valence-corrected chi connectivity index (χ1v) is 4.41. The predicted molar refractivity (Wildman–Crippen MR) is 53.4 cm³/mol. The van der Waals surface area contributed by atoms with Gasteiger partial charge in [-0.1, -0.05) is 6.08 Å². The van der Waals surface area contributed by atoms with Crippen molar-refractivity contribution in [2.24, 2.45) is 0 Å². The van der Waals surface area contributed by atoms with Crippen molar-refractivity contribution in [3.63, 3.8) is 0 Å². The maximum absolute atomic E-state index is 5.62. The van der Waals surface area contributed by atoms with Crippen LogP contribution in [0.3, 0.4) is 0 Å². The van der Waals surface area contributed by atoms with Crippen molar-refractivity contribution in [3.8, 4) is 0 Å². The van der Waals surface area contributed by atoms with E-state index in [0.717, 1.165) is 13.0 Å². The fraction of sp³-hybridized carbons (Fsp3) is 0.800. The van der Waals surface area contributed by atoms with E-state index in [1.165, 1.54) is 0 Å². The third kappa shape index (κ3) is 6.38. The van der Waals surface area contributed by atoms with E-state index in [9.17, 15) is 0 Å². The number of hydrogen-bond acceptors (Lipinski definition) is 2. The second kappa shape index (κ2) is 5.33. The van der Waals surface area contributed by atoms with Crippen molar-refractivity contribution in [2.45, 2.75) is 38.8 Å². The van der Waals surface area contributed by atoms with Crippen LogP contribution in [0.4, 0.5) is 0 Å². The van der Waals surface area contributed by atoms with E-state index >= 15 is 0 Å². The van der Waals surface area contributed by atoms with E-state index in [1.54, 1.807) is 0 Å². The fourth-order valence-corrected chi connectivity index (χ4v) is 0.821. The van der Waals surface area contributed by atoms with Gasteiger partial charge in [0.2, 0.25) is 0 Å². The van der Waals surface area contributed by atoms with Gasteiger partial charge >= 0.3 is 0 Å². The molecule has 12 heavy (non-hydrogen) atoms. The summed E-state index contributed by atoms with van der Waals surface area (Å²) in [6.07, 6.45) is 2.86. The topological polar surface area (TPSA) is 21.3 Å². The summed E-state index contributed by atoms with van der Waals surface area (Å²) < 4.78 is 5.62. The summed E-state index contributed by atoms with van der Waals surface area (Å²) in [6.45, 7) is 10.6. The molecule has 0 aliphatic heterocycles. The number of rotatable bonds is 5. The maximum atomic E-state index is 5.62.